The van der Waals surface area contributed by atoms with Crippen LogP contribution in [0.5, 0.6) is 0 Å². The van der Waals surface area contributed by atoms with E-state index in [2.05, 4.69) is 4.72 Å². The molecule has 1 N–H and O–H groups in total. The second kappa shape index (κ2) is 8.73. The largest absolute Gasteiger partial charge is 0.468 e. The summed E-state index contributed by atoms with van der Waals surface area (Å²) < 4.78 is 37.9. The lowest BCUT2D eigenvalue weighted by molar-refractivity contribution is 0.0471. The number of sulfonamides is 1. The summed E-state index contributed by atoms with van der Waals surface area (Å²) >= 11 is 0. The van der Waals surface area contributed by atoms with Gasteiger partial charge in [-0.25, -0.2) is 17.9 Å². The standard InChI is InChI=1S/C21H18N2O5S/c1-15-8-9-19(29(25,26)23-13-18-7-4-10-27-18)11-20(15)21(24)28-14-17-6-3-2-5-16(17)12-22/h2-11,23H,13-14H2,1H3. The van der Waals surface area contributed by atoms with E-state index in [0.717, 1.165) is 0 Å². The molecule has 0 radical (unpaired) electrons. The second-order valence-corrected chi connectivity index (χ2v) is 7.99. The van der Waals surface area contributed by atoms with Gasteiger partial charge in [0.2, 0.25) is 10.0 Å². The van der Waals surface area contributed by atoms with E-state index in [4.69, 9.17) is 14.4 Å². The van der Waals surface area contributed by atoms with Crippen molar-refractivity contribution in [2.24, 2.45) is 0 Å². The predicted molar refractivity (Wildman–Crippen MR) is 104 cm³/mol. The molecule has 0 spiro atoms. The number of esters is 1. The van der Waals surface area contributed by atoms with Crippen LogP contribution in [0, 0.1) is 18.3 Å². The zero-order valence-electron chi connectivity index (χ0n) is 15.6. The van der Waals surface area contributed by atoms with Gasteiger partial charge in [0.1, 0.15) is 12.4 Å². The number of furan rings is 1. The highest BCUT2D eigenvalue weighted by atomic mass is 32.2. The number of carbonyl (C=O) groups excluding carboxylic acids is 1. The van der Waals surface area contributed by atoms with Gasteiger partial charge >= 0.3 is 5.97 Å². The van der Waals surface area contributed by atoms with Crippen LogP contribution in [0.1, 0.15) is 32.8 Å². The molecule has 0 amide bonds. The van der Waals surface area contributed by atoms with Gasteiger partial charge in [-0.3, -0.25) is 0 Å². The molecule has 0 aliphatic rings. The summed E-state index contributed by atoms with van der Waals surface area (Å²) in [5, 5.41) is 9.12. The van der Waals surface area contributed by atoms with Crippen molar-refractivity contribution in [1.29, 1.82) is 5.26 Å². The molecule has 0 atom stereocenters. The maximum absolute atomic E-state index is 12.5. The monoisotopic (exact) mass is 410 g/mol. The fraction of sp³-hybridized carbons (Fsp3) is 0.143. The molecule has 7 nitrogen and oxygen atoms in total. The summed E-state index contributed by atoms with van der Waals surface area (Å²) in [7, 11) is -3.85. The number of ether oxygens (including phenoxy) is 1. The van der Waals surface area contributed by atoms with Gasteiger partial charge in [-0.05, 0) is 42.8 Å². The number of nitrogens with one attached hydrogen (secondary N) is 1. The van der Waals surface area contributed by atoms with Crippen LogP contribution in [0.4, 0.5) is 0 Å². The lowest BCUT2D eigenvalue weighted by atomic mass is 10.1. The number of hydrogen-bond acceptors (Lipinski definition) is 6. The molecule has 0 aliphatic heterocycles. The van der Waals surface area contributed by atoms with Crippen molar-refractivity contribution in [3.63, 3.8) is 0 Å². The van der Waals surface area contributed by atoms with E-state index < -0.39 is 16.0 Å². The molecule has 1 heterocycles. The van der Waals surface area contributed by atoms with Gasteiger partial charge in [0.05, 0.1) is 34.9 Å². The van der Waals surface area contributed by atoms with Crippen LogP contribution < -0.4 is 4.72 Å². The smallest absolute Gasteiger partial charge is 0.338 e. The Bertz CT molecular complexity index is 1160. The Kier molecular flexibility index (Phi) is 6.12. The van der Waals surface area contributed by atoms with E-state index in [1.54, 1.807) is 49.4 Å². The number of aryl methyl sites for hydroxylation is 1. The maximum atomic E-state index is 12.5. The molecule has 1 aromatic heterocycles. The van der Waals surface area contributed by atoms with Crippen molar-refractivity contribution >= 4 is 16.0 Å². The highest BCUT2D eigenvalue weighted by Crippen LogP contribution is 2.18. The fourth-order valence-corrected chi connectivity index (χ4v) is 3.65. The van der Waals surface area contributed by atoms with Gasteiger partial charge in [0.15, 0.2) is 0 Å². The second-order valence-electron chi connectivity index (χ2n) is 6.23. The minimum Gasteiger partial charge on any atom is -0.468 e. The zero-order chi connectivity index (χ0) is 20.9. The molecule has 148 valence electrons. The first-order valence-electron chi connectivity index (χ1n) is 8.68. The molecule has 0 unspecified atom stereocenters. The SMILES string of the molecule is Cc1ccc(S(=O)(=O)NCc2ccco2)cc1C(=O)OCc1ccccc1C#N. The Labute approximate surface area is 168 Å². The van der Waals surface area contributed by atoms with Crippen molar-refractivity contribution in [1.82, 2.24) is 4.72 Å². The highest BCUT2D eigenvalue weighted by molar-refractivity contribution is 7.89. The molecular weight excluding hydrogens is 392 g/mol. The normalized spacial score (nSPS) is 11.0. The topological polar surface area (TPSA) is 109 Å². The van der Waals surface area contributed by atoms with Crippen LogP contribution in [-0.2, 0) is 27.9 Å². The summed E-state index contributed by atoms with van der Waals surface area (Å²) in [4.78, 5) is 12.5. The average Bonchev–Trinajstić information content (AvgIpc) is 3.24. The fourth-order valence-electron chi connectivity index (χ4n) is 2.63. The van der Waals surface area contributed by atoms with Crippen molar-refractivity contribution < 1.29 is 22.4 Å². The third kappa shape index (κ3) is 4.90. The van der Waals surface area contributed by atoms with E-state index >= 15 is 0 Å². The molecule has 0 aliphatic carbocycles. The molecule has 0 saturated heterocycles. The van der Waals surface area contributed by atoms with Gasteiger partial charge in [-0.2, -0.15) is 5.26 Å². The zero-order valence-corrected chi connectivity index (χ0v) is 16.4. The third-order valence-electron chi connectivity index (χ3n) is 4.25. The van der Waals surface area contributed by atoms with Crippen LogP contribution in [0.3, 0.4) is 0 Å². The first-order valence-corrected chi connectivity index (χ1v) is 10.2. The van der Waals surface area contributed by atoms with Crippen LogP contribution in [-0.4, -0.2) is 14.4 Å². The molecule has 3 rings (SSSR count). The highest BCUT2D eigenvalue weighted by Gasteiger charge is 2.19. The molecule has 29 heavy (non-hydrogen) atoms. The van der Waals surface area contributed by atoms with Gasteiger partial charge in [0.25, 0.3) is 0 Å². The Morgan fingerprint density at radius 2 is 1.97 bits per heavy atom. The Hall–Kier alpha value is -3.41. The molecular formula is C21H18N2O5S. The maximum Gasteiger partial charge on any atom is 0.338 e. The minimum atomic E-state index is -3.85. The first kappa shape index (κ1) is 20.3. The third-order valence-corrected chi connectivity index (χ3v) is 5.65. The summed E-state index contributed by atoms with van der Waals surface area (Å²) in [5.41, 5.74) is 1.70. The van der Waals surface area contributed by atoms with Gasteiger partial charge in [-0.15, -0.1) is 0 Å². The van der Waals surface area contributed by atoms with E-state index in [9.17, 15) is 13.2 Å². The lowest BCUT2D eigenvalue weighted by Gasteiger charge is -2.11. The Morgan fingerprint density at radius 1 is 1.17 bits per heavy atom. The summed E-state index contributed by atoms with van der Waals surface area (Å²) in [6, 6.07) is 16.4. The molecule has 8 heteroatoms. The van der Waals surface area contributed by atoms with Crippen molar-refractivity contribution in [3.8, 4) is 6.07 Å². The van der Waals surface area contributed by atoms with E-state index in [0.29, 0.717) is 22.5 Å². The van der Waals surface area contributed by atoms with Crippen molar-refractivity contribution in [3.05, 3.63) is 88.9 Å². The van der Waals surface area contributed by atoms with Crippen LogP contribution in [0.15, 0.2) is 70.2 Å². The van der Waals surface area contributed by atoms with Crippen LogP contribution in [0.2, 0.25) is 0 Å². The minimum absolute atomic E-state index is 0.00602. The van der Waals surface area contributed by atoms with Crippen LogP contribution in [0.25, 0.3) is 0 Å². The number of rotatable bonds is 7. The summed E-state index contributed by atoms with van der Waals surface area (Å²) in [5.74, 6) is -0.199. The quantitative estimate of drug-likeness (QED) is 0.599. The first-order chi connectivity index (χ1) is 13.9. The van der Waals surface area contributed by atoms with Crippen molar-refractivity contribution in [2.75, 3.05) is 0 Å². The lowest BCUT2D eigenvalue weighted by Crippen LogP contribution is -2.23. The molecule has 3 aromatic rings. The summed E-state index contributed by atoms with van der Waals surface area (Å²) in [6.07, 6.45) is 1.45. The summed E-state index contributed by atoms with van der Waals surface area (Å²) in [6.45, 7) is 1.59. The number of carbonyl (C=O) groups is 1. The van der Waals surface area contributed by atoms with Crippen molar-refractivity contribution in [2.45, 2.75) is 25.0 Å². The Balaban J connectivity index is 1.75. The molecule has 0 saturated carbocycles. The molecule has 0 bridgehead atoms. The van der Waals surface area contributed by atoms with E-state index in [-0.39, 0.29) is 23.6 Å². The van der Waals surface area contributed by atoms with Gasteiger partial charge < -0.3 is 9.15 Å². The number of hydrogen-bond donors (Lipinski definition) is 1. The van der Waals surface area contributed by atoms with Gasteiger partial charge in [-0.1, -0.05) is 24.3 Å². The molecule has 0 fully saturated rings. The van der Waals surface area contributed by atoms with Gasteiger partial charge in [0, 0.05) is 5.56 Å². The predicted octanol–water partition coefficient (Wildman–Crippen LogP) is 3.30. The average molecular weight is 410 g/mol. The molecule has 2 aromatic carbocycles. The number of nitriles is 1. The van der Waals surface area contributed by atoms with Crippen LogP contribution >= 0.6 is 0 Å². The number of benzene rings is 2. The van der Waals surface area contributed by atoms with E-state index in [1.165, 1.54) is 18.4 Å². The van der Waals surface area contributed by atoms with E-state index in [1.807, 2.05) is 6.07 Å². The number of nitrogens with zero attached hydrogens (tertiary/aromatic N) is 1. The Morgan fingerprint density at radius 3 is 2.69 bits per heavy atom.